The lowest BCUT2D eigenvalue weighted by Crippen LogP contribution is -2.16. The van der Waals surface area contributed by atoms with Crippen molar-refractivity contribution in [3.8, 4) is 0 Å². The Labute approximate surface area is 83.0 Å². The first kappa shape index (κ1) is 14.7. The largest absolute Gasteiger partial charge is 0.324 e. The van der Waals surface area contributed by atoms with Crippen LogP contribution in [0.1, 0.15) is 34.1 Å². The van der Waals surface area contributed by atoms with Gasteiger partial charge in [0.2, 0.25) is 0 Å². The summed E-state index contributed by atoms with van der Waals surface area (Å²) in [6, 6.07) is 0.112. The van der Waals surface area contributed by atoms with Gasteiger partial charge in [0.1, 0.15) is 0 Å². The lowest BCUT2D eigenvalue weighted by atomic mass is 10.1. The second-order valence-corrected chi connectivity index (χ2v) is 2.88. The first-order valence-corrected chi connectivity index (χ1v) is 4.84. The Balaban J connectivity index is 0. The van der Waals surface area contributed by atoms with Crippen molar-refractivity contribution < 1.29 is 0 Å². The molecule has 1 heteroatoms. The van der Waals surface area contributed by atoms with E-state index < -0.39 is 0 Å². The third-order valence-corrected chi connectivity index (χ3v) is 1.28. The molecule has 0 radical (unpaired) electrons. The minimum absolute atomic E-state index is 0.112. The van der Waals surface area contributed by atoms with Crippen molar-refractivity contribution in [2.45, 2.75) is 40.2 Å². The van der Waals surface area contributed by atoms with Gasteiger partial charge in [-0.15, -0.1) is 0 Å². The van der Waals surface area contributed by atoms with Gasteiger partial charge in [0.05, 0.1) is 0 Å². The SMILES string of the molecule is C=C/C=C\C(=C/C)C(C)N.CCC. The second kappa shape index (κ2) is 11.2. The summed E-state index contributed by atoms with van der Waals surface area (Å²) < 4.78 is 0. The normalized spacial score (nSPS) is 13.5. The summed E-state index contributed by atoms with van der Waals surface area (Å²) in [5, 5.41) is 0. The van der Waals surface area contributed by atoms with Crippen molar-refractivity contribution in [2.24, 2.45) is 5.73 Å². The van der Waals surface area contributed by atoms with E-state index in [1.54, 1.807) is 6.08 Å². The zero-order valence-electron chi connectivity index (χ0n) is 9.38. The fourth-order valence-corrected chi connectivity index (χ4v) is 0.690. The van der Waals surface area contributed by atoms with Crippen LogP contribution in [0.5, 0.6) is 0 Å². The van der Waals surface area contributed by atoms with Crippen LogP contribution in [-0.4, -0.2) is 6.04 Å². The summed E-state index contributed by atoms with van der Waals surface area (Å²) in [4.78, 5) is 0. The molecule has 1 nitrogen and oxygen atoms in total. The molecule has 0 aliphatic carbocycles. The maximum absolute atomic E-state index is 5.63. The zero-order chi connectivity index (χ0) is 10.7. The number of hydrogen-bond donors (Lipinski definition) is 1. The van der Waals surface area contributed by atoms with Crippen LogP contribution in [0.2, 0.25) is 0 Å². The van der Waals surface area contributed by atoms with Crippen LogP contribution in [0.15, 0.2) is 36.5 Å². The fourth-order valence-electron chi connectivity index (χ4n) is 0.690. The maximum atomic E-state index is 5.63. The van der Waals surface area contributed by atoms with E-state index in [9.17, 15) is 0 Å². The van der Waals surface area contributed by atoms with Gasteiger partial charge in [-0.3, -0.25) is 0 Å². The predicted octanol–water partition coefficient (Wildman–Crippen LogP) is 3.44. The van der Waals surface area contributed by atoms with Crippen molar-refractivity contribution in [1.29, 1.82) is 0 Å². The predicted molar refractivity (Wildman–Crippen MR) is 62.7 cm³/mol. The molecule has 0 rings (SSSR count). The Hall–Kier alpha value is -0.820. The lowest BCUT2D eigenvalue weighted by molar-refractivity contribution is 0.883. The van der Waals surface area contributed by atoms with Crippen LogP contribution in [0, 0.1) is 0 Å². The molecule has 0 aromatic rings. The Morgan fingerprint density at radius 3 is 2.15 bits per heavy atom. The molecule has 0 aliphatic rings. The molecule has 1 atom stereocenters. The number of allylic oxidation sites excluding steroid dienone is 3. The van der Waals surface area contributed by atoms with Crippen LogP contribution in [-0.2, 0) is 0 Å². The van der Waals surface area contributed by atoms with Crippen LogP contribution < -0.4 is 5.73 Å². The van der Waals surface area contributed by atoms with Crippen LogP contribution in [0.3, 0.4) is 0 Å². The molecule has 0 amide bonds. The van der Waals surface area contributed by atoms with Crippen molar-refractivity contribution >= 4 is 0 Å². The van der Waals surface area contributed by atoms with Gasteiger partial charge in [-0.05, 0) is 19.4 Å². The van der Waals surface area contributed by atoms with E-state index in [1.807, 2.05) is 32.1 Å². The second-order valence-electron chi connectivity index (χ2n) is 2.88. The third kappa shape index (κ3) is 11.2. The van der Waals surface area contributed by atoms with E-state index in [0.717, 1.165) is 5.57 Å². The van der Waals surface area contributed by atoms with Gasteiger partial charge in [0, 0.05) is 6.04 Å². The van der Waals surface area contributed by atoms with Crippen LogP contribution in [0.4, 0.5) is 0 Å². The Morgan fingerprint density at radius 1 is 1.46 bits per heavy atom. The van der Waals surface area contributed by atoms with Gasteiger partial charge < -0.3 is 5.73 Å². The van der Waals surface area contributed by atoms with Crippen LogP contribution in [0.25, 0.3) is 0 Å². The average molecular weight is 181 g/mol. The molecule has 2 N–H and O–H groups in total. The minimum atomic E-state index is 0.112. The summed E-state index contributed by atoms with van der Waals surface area (Å²) in [6.45, 7) is 11.8. The van der Waals surface area contributed by atoms with Crippen molar-refractivity contribution in [2.75, 3.05) is 0 Å². The average Bonchev–Trinajstić information content (AvgIpc) is 2.06. The number of hydrogen-bond acceptors (Lipinski definition) is 1. The van der Waals surface area contributed by atoms with Gasteiger partial charge in [-0.1, -0.05) is 51.2 Å². The highest BCUT2D eigenvalue weighted by atomic mass is 14.6. The summed E-state index contributed by atoms with van der Waals surface area (Å²) in [6.07, 6.45) is 8.85. The molecule has 0 aromatic heterocycles. The molecule has 0 saturated heterocycles. The molecule has 0 aliphatic heterocycles. The molecule has 0 heterocycles. The van der Waals surface area contributed by atoms with Gasteiger partial charge >= 0.3 is 0 Å². The van der Waals surface area contributed by atoms with Crippen molar-refractivity contribution in [1.82, 2.24) is 0 Å². The zero-order valence-corrected chi connectivity index (χ0v) is 9.38. The lowest BCUT2D eigenvalue weighted by Gasteiger charge is -2.03. The molecule has 0 bridgehead atoms. The highest BCUT2D eigenvalue weighted by Crippen LogP contribution is 2.00. The molecule has 76 valence electrons. The first-order valence-electron chi connectivity index (χ1n) is 4.84. The van der Waals surface area contributed by atoms with E-state index in [2.05, 4.69) is 20.4 Å². The number of nitrogens with two attached hydrogens (primary N) is 1. The number of rotatable bonds is 3. The minimum Gasteiger partial charge on any atom is -0.324 e. The summed E-state index contributed by atoms with van der Waals surface area (Å²) >= 11 is 0. The monoisotopic (exact) mass is 181 g/mol. The van der Waals surface area contributed by atoms with Gasteiger partial charge in [-0.25, -0.2) is 0 Å². The first-order chi connectivity index (χ1) is 6.13. The molecule has 0 aromatic carbocycles. The summed E-state index contributed by atoms with van der Waals surface area (Å²) in [5.41, 5.74) is 6.77. The smallest absolute Gasteiger partial charge is 0.0262 e. The Kier molecular flexibility index (Phi) is 12.6. The van der Waals surface area contributed by atoms with E-state index >= 15 is 0 Å². The van der Waals surface area contributed by atoms with Gasteiger partial charge in [0.25, 0.3) is 0 Å². The van der Waals surface area contributed by atoms with E-state index in [-0.39, 0.29) is 6.04 Å². The molecule has 13 heavy (non-hydrogen) atoms. The topological polar surface area (TPSA) is 26.0 Å². The molecular formula is C12H23N. The van der Waals surface area contributed by atoms with Crippen molar-refractivity contribution in [3.63, 3.8) is 0 Å². The highest BCUT2D eigenvalue weighted by molar-refractivity contribution is 5.24. The van der Waals surface area contributed by atoms with Crippen molar-refractivity contribution in [3.05, 3.63) is 36.5 Å². The van der Waals surface area contributed by atoms with Gasteiger partial charge in [-0.2, -0.15) is 0 Å². The van der Waals surface area contributed by atoms with Gasteiger partial charge in [0.15, 0.2) is 0 Å². The van der Waals surface area contributed by atoms with E-state index in [1.165, 1.54) is 6.42 Å². The summed E-state index contributed by atoms with van der Waals surface area (Å²) in [5.74, 6) is 0. The third-order valence-electron chi connectivity index (χ3n) is 1.28. The fraction of sp³-hybridized carbons (Fsp3) is 0.500. The van der Waals surface area contributed by atoms with Crippen LogP contribution >= 0.6 is 0 Å². The highest BCUT2D eigenvalue weighted by Gasteiger charge is 1.94. The standard InChI is InChI=1S/C9H15N.C3H8/c1-4-6-7-9(5-2)8(3)10;1-3-2/h4-8H,1,10H2,2-3H3;3H2,1-2H3/b7-6-,9-5+;. The van der Waals surface area contributed by atoms with E-state index in [0.29, 0.717) is 0 Å². The molecule has 0 fully saturated rings. The molecule has 0 saturated carbocycles. The Morgan fingerprint density at radius 2 is 1.92 bits per heavy atom. The molecular weight excluding hydrogens is 158 g/mol. The summed E-state index contributed by atoms with van der Waals surface area (Å²) in [7, 11) is 0. The molecule has 0 spiro atoms. The maximum Gasteiger partial charge on any atom is 0.0262 e. The molecule has 1 unspecified atom stereocenters. The quantitative estimate of drug-likeness (QED) is 0.663. The Bertz CT molecular complexity index is 164. The van der Waals surface area contributed by atoms with E-state index in [4.69, 9.17) is 5.73 Å².